The zero-order chi connectivity index (χ0) is 18.0. The minimum atomic E-state index is -0.581. The van der Waals surface area contributed by atoms with Crippen LogP contribution in [-0.2, 0) is 16.0 Å². The average molecular weight is 344 g/mol. The molecule has 3 rings (SSSR count). The predicted molar refractivity (Wildman–Crippen MR) is 97.7 cm³/mol. The number of anilines is 1. The molecule has 1 aliphatic heterocycles. The number of para-hydroxylation sites is 1. The standard InChI is InChI=1S/C20H28N2O3/c1-20(2,3)25-19(24)21-16-13-14-9-7-8-12-17(14)22(18(16)23)15-10-5-4-6-11-15/h7-9,12,15-16H,4-6,10-11,13H2,1-3H3,(H,21,24). The number of ether oxygens (including phenoxy) is 1. The van der Waals surface area contributed by atoms with Crippen LogP contribution < -0.4 is 10.2 Å². The Labute approximate surface area is 149 Å². The van der Waals surface area contributed by atoms with Crippen LogP contribution in [0.1, 0.15) is 58.4 Å². The van der Waals surface area contributed by atoms with E-state index in [2.05, 4.69) is 5.32 Å². The van der Waals surface area contributed by atoms with E-state index in [9.17, 15) is 9.59 Å². The van der Waals surface area contributed by atoms with Gasteiger partial charge in [0.05, 0.1) is 0 Å². The molecule has 25 heavy (non-hydrogen) atoms. The van der Waals surface area contributed by atoms with Crippen LogP contribution in [0.4, 0.5) is 10.5 Å². The summed E-state index contributed by atoms with van der Waals surface area (Å²) in [5, 5.41) is 2.78. The molecule has 1 N–H and O–H groups in total. The molecule has 1 heterocycles. The van der Waals surface area contributed by atoms with E-state index in [1.54, 1.807) is 0 Å². The Kier molecular flexibility index (Phi) is 5.02. The van der Waals surface area contributed by atoms with Gasteiger partial charge in [-0.25, -0.2) is 4.79 Å². The van der Waals surface area contributed by atoms with Gasteiger partial charge in [-0.15, -0.1) is 0 Å². The highest BCUT2D eigenvalue weighted by Crippen LogP contribution is 2.34. The normalized spacial score (nSPS) is 21.6. The van der Waals surface area contributed by atoms with Crippen LogP contribution in [0.15, 0.2) is 24.3 Å². The lowest BCUT2D eigenvalue weighted by Crippen LogP contribution is -2.56. The Morgan fingerprint density at radius 3 is 2.52 bits per heavy atom. The molecule has 0 aromatic heterocycles. The molecule has 0 spiro atoms. The first-order chi connectivity index (χ1) is 11.8. The lowest BCUT2D eigenvalue weighted by Gasteiger charge is -2.41. The SMILES string of the molecule is CC(C)(C)OC(=O)NC1Cc2ccccc2N(C2CCCCC2)C1=O. The topological polar surface area (TPSA) is 58.6 Å². The lowest BCUT2D eigenvalue weighted by atomic mass is 9.89. The maximum Gasteiger partial charge on any atom is 0.408 e. The highest BCUT2D eigenvalue weighted by atomic mass is 16.6. The molecule has 1 fully saturated rings. The van der Waals surface area contributed by atoms with E-state index in [0.29, 0.717) is 6.42 Å². The summed E-state index contributed by atoms with van der Waals surface area (Å²) < 4.78 is 5.34. The number of fused-ring (bicyclic) bond motifs is 1. The third kappa shape index (κ3) is 4.14. The Morgan fingerprint density at radius 1 is 1.16 bits per heavy atom. The molecule has 0 bridgehead atoms. The molecule has 5 nitrogen and oxygen atoms in total. The van der Waals surface area contributed by atoms with Crippen molar-refractivity contribution in [3.05, 3.63) is 29.8 Å². The van der Waals surface area contributed by atoms with Crippen LogP contribution in [0, 0.1) is 0 Å². The number of rotatable bonds is 2. The molecule has 0 radical (unpaired) electrons. The number of carbonyl (C=O) groups is 2. The lowest BCUT2D eigenvalue weighted by molar-refractivity contribution is -0.121. The van der Waals surface area contributed by atoms with Crippen LogP contribution >= 0.6 is 0 Å². The van der Waals surface area contributed by atoms with Crippen molar-refractivity contribution < 1.29 is 14.3 Å². The first-order valence-corrected chi connectivity index (χ1v) is 9.25. The minimum absolute atomic E-state index is 0.0172. The van der Waals surface area contributed by atoms with Gasteiger partial charge in [0.15, 0.2) is 0 Å². The van der Waals surface area contributed by atoms with Crippen molar-refractivity contribution >= 4 is 17.7 Å². The van der Waals surface area contributed by atoms with E-state index in [1.807, 2.05) is 49.9 Å². The van der Waals surface area contributed by atoms with E-state index in [4.69, 9.17) is 4.74 Å². The first kappa shape index (κ1) is 17.8. The van der Waals surface area contributed by atoms with Gasteiger partial charge in [-0.05, 0) is 45.2 Å². The second-order valence-electron chi connectivity index (χ2n) is 8.03. The Bertz CT molecular complexity index is 645. The maximum absolute atomic E-state index is 13.1. The molecule has 1 aromatic carbocycles. The van der Waals surface area contributed by atoms with Crippen LogP contribution in [0.5, 0.6) is 0 Å². The first-order valence-electron chi connectivity index (χ1n) is 9.25. The summed E-state index contributed by atoms with van der Waals surface area (Å²) in [5.74, 6) is -0.0172. The predicted octanol–water partition coefficient (Wildman–Crippen LogP) is 3.80. The minimum Gasteiger partial charge on any atom is -0.444 e. The average Bonchev–Trinajstić information content (AvgIpc) is 2.55. The van der Waals surface area contributed by atoms with E-state index in [-0.39, 0.29) is 11.9 Å². The molecule has 1 aliphatic carbocycles. The smallest absolute Gasteiger partial charge is 0.408 e. The molecular formula is C20H28N2O3. The summed E-state index contributed by atoms with van der Waals surface area (Å²) in [6.45, 7) is 5.46. The van der Waals surface area contributed by atoms with Gasteiger partial charge >= 0.3 is 6.09 Å². The summed E-state index contributed by atoms with van der Waals surface area (Å²) >= 11 is 0. The Morgan fingerprint density at radius 2 is 1.84 bits per heavy atom. The van der Waals surface area contributed by atoms with Crippen LogP contribution in [0.2, 0.25) is 0 Å². The summed E-state index contributed by atoms with van der Waals surface area (Å²) in [6.07, 6.45) is 5.57. The fourth-order valence-corrected chi connectivity index (χ4v) is 3.79. The van der Waals surface area contributed by atoms with Gasteiger partial charge in [-0.1, -0.05) is 37.5 Å². The van der Waals surface area contributed by atoms with Gasteiger partial charge in [0, 0.05) is 18.2 Å². The molecule has 2 amide bonds. The van der Waals surface area contributed by atoms with Crippen molar-refractivity contribution in [2.24, 2.45) is 0 Å². The van der Waals surface area contributed by atoms with Gasteiger partial charge < -0.3 is 15.0 Å². The summed E-state index contributed by atoms with van der Waals surface area (Å²) in [5.41, 5.74) is 1.53. The molecule has 1 saturated carbocycles. The summed E-state index contributed by atoms with van der Waals surface area (Å²) in [4.78, 5) is 27.2. The number of hydrogen-bond acceptors (Lipinski definition) is 3. The second kappa shape index (κ2) is 7.06. The molecular weight excluding hydrogens is 316 g/mol. The third-order valence-electron chi connectivity index (χ3n) is 4.84. The van der Waals surface area contributed by atoms with E-state index < -0.39 is 17.7 Å². The van der Waals surface area contributed by atoms with E-state index in [0.717, 1.165) is 36.9 Å². The fraction of sp³-hybridized carbons (Fsp3) is 0.600. The highest BCUT2D eigenvalue weighted by molar-refractivity contribution is 6.02. The van der Waals surface area contributed by atoms with Gasteiger partial charge in [-0.3, -0.25) is 4.79 Å². The fourth-order valence-electron chi connectivity index (χ4n) is 3.79. The molecule has 1 unspecified atom stereocenters. The van der Waals surface area contributed by atoms with Crippen molar-refractivity contribution in [2.45, 2.75) is 77.0 Å². The maximum atomic E-state index is 13.1. The van der Waals surface area contributed by atoms with Crippen LogP contribution in [0.25, 0.3) is 0 Å². The number of benzene rings is 1. The quantitative estimate of drug-likeness (QED) is 0.888. The number of hydrogen-bond donors (Lipinski definition) is 1. The van der Waals surface area contributed by atoms with Crippen molar-refractivity contribution in [1.29, 1.82) is 0 Å². The molecule has 1 aromatic rings. The molecule has 0 saturated heterocycles. The third-order valence-corrected chi connectivity index (χ3v) is 4.84. The summed E-state index contributed by atoms with van der Waals surface area (Å²) in [6, 6.07) is 7.69. The zero-order valence-electron chi connectivity index (χ0n) is 15.4. The summed E-state index contributed by atoms with van der Waals surface area (Å²) in [7, 11) is 0. The van der Waals surface area contributed by atoms with Crippen LogP contribution in [-0.4, -0.2) is 29.7 Å². The van der Waals surface area contributed by atoms with E-state index >= 15 is 0 Å². The highest BCUT2D eigenvalue weighted by Gasteiger charge is 2.38. The van der Waals surface area contributed by atoms with E-state index in [1.165, 1.54) is 6.42 Å². The van der Waals surface area contributed by atoms with Crippen molar-refractivity contribution in [1.82, 2.24) is 5.32 Å². The second-order valence-corrected chi connectivity index (χ2v) is 8.03. The van der Waals surface area contributed by atoms with Gasteiger partial charge in [-0.2, -0.15) is 0 Å². The number of alkyl carbamates (subject to hydrolysis) is 1. The Hall–Kier alpha value is -2.04. The van der Waals surface area contributed by atoms with Gasteiger partial charge in [0.25, 0.3) is 0 Å². The van der Waals surface area contributed by atoms with Gasteiger partial charge in [0.2, 0.25) is 5.91 Å². The van der Waals surface area contributed by atoms with Crippen molar-refractivity contribution in [3.8, 4) is 0 Å². The largest absolute Gasteiger partial charge is 0.444 e. The monoisotopic (exact) mass is 344 g/mol. The Balaban J connectivity index is 1.82. The molecule has 2 aliphatic rings. The number of amides is 2. The van der Waals surface area contributed by atoms with Crippen molar-refractivity contribution in [3.63, 3.8) is 0 Å². The number of carbonyl (C=O) groups excluding carboxylic acids is 2. The van der Waals surface area contributed by atoms with Gasteiger partial charge in [0.1, 0.15) is 11.6 Å². The molecule has 1 atom stereocenters. The molecule has 5 heteroatoms. The number of nitrogens with one attached hydrogen (secondary N) is 1. The van der Waals surface area contributed by atoms with Crippen molar-refractivity contribution in [2.75, 3.05) is 4.90 Å². The molecule has 136 valence electrons. The zero-order valence-corrected chi connectivity index (χ0v) is 15.4. The number of nitrogens with zero attached hydrogens (tertiary/aromatic N) is 1. The van der Waals surface area contributed by atoms with Crippen LogP contribution in [0.3, 0.4) is 0 Å².